The Bertz CT molecular complexity index is 115. The van der Waals surface area contributed by atoms with Gasteiger partial charge >= 0.3 is 0 Å². The molecule has 1 aliphatic heterocycles. The number of thioether (sulfide) groups is 1. The molecule has 0 aromatic heterocycles. The van der Waals surface area contributed by atoms with Gasteiger partial charge in [-0.1, -0.05) is 6.92 Å². The van der Waals surface area contributed by atoms with Crippen LogP contribution in [0, 0.1) is 5.92 Å². The van der Waals surface area contributed by atoms with E-state index in [9.17, 15) is 0 Å². The molecule has 0 aromatic carbocycles. The highest BCUT2D eigenvalue weighted by atomic mass is 32.2. The largest absolute Gasteiger partial charge is 0.381 e. The Morgan fingerprint density at radius 1 is 1.38 bits per heavy atom. The lowest BCUT2D eigenvalue weighted by Crippen LogP contribution is -2.29. The van der Waals surface area contributed by atoms with Crippen molar-refractivity contribution < 1.29 is 4.74 Å². The van der Waals surface area contributed by atoms with Crippen LogP contribution in [0.1, 0.15) is 19.8 Å². The highest BCUT2D eigenvalue weighted by Gasteiger charge is 2.12. The third-order valence-corrected chi connectivity index (χ3v) is 3.30. The van der Waals surface area contributed by atoms with Gasteiger partial charge in [-0.15, -0.1) is 0 Å². The molecule has 13 heavy (non-hydrogen) atoms. The molecule has 0 spiro atoms. The molecule has 0 aromatic rings. The van der Waals surface area contributed by atoms with Gasteiger partial charge in [0.15, 0.2) is 0 Å². The zero-order valence-corrected chi connectivity index (χ0v) is 9.37. The molecule has 0 atom stereocenters. The van der Waals surface area contributed by atoms with Crippen LogP contribution in [0.5, 0.6) is 0 Å². The molecule has 1 saturated heterocycles. The topological polar surface area (TPSA) is 21.3 Å². The highest BCUT2D eigenvalue weighted by molar-refractivity contribution is 7.99. The molecule has 0 saturated carbocycles. The minimum absolute atomic E-state index is 0.861. The van der Waals surface area contributed by atoms with Gasteiger partial charge in [0.2, 0.25) is 0 Å². The molecule has 0 radical (unpaired) electrons. The second kappa shape index (κ2) is 7.65. The number of hydrogen-bond donors (Lipinski definition) is 1. The lowest BCUT2D eigenvalue weighted by atomic mass is 10.0. The van der Waals surface area contributed by atoms with E-state index in [0.717, 1.165) is 25.7 Å². The first kappa shape index (κ1) is 11.3. The molecule has 1 fully saturated rings. The lowest BCUT2D eigenvalue weighted by Gasteiger charge is -2.22. The lowest BCUT2D eigenvalue weighted by molar-refractivity contribution is 0.0665. The summed E-state index contributed by atoms with van der Waals surface area (Å²) in [5, 5.41) is 3.51. The van der Waals surface area contributed by atoms with E-state index in [0.29, 0.717) is 0 Å². The fourth-order valence-corrected chi connectivity index (χ4v) is 2.12. The van der Waals surface area contributed by atoms with Crippen molar-refractivity contribution >= 4 is 11.8 Å². The molecule has 0 amide bonds. The predicted molar refractivity (Wildman–Crippen MR) is 59.4 cm³/mol. The van der Waals surface area contributed by atoms with Crippen molar-refractivity contribution in [1.82, 2.24) is 5.32 Å². The Balaban J connectivity index is 1.86. The monoisotopic (exact) mass is 203 g/mol. The fraction of sp³-hybridized carbons (Fsp3) is 1.00. The van der Waals surface area contributed by atoms with Crippen LogP contribution in [0.25, 0.3) is 0 Å². The molecule has 1 rings (SSSR count). The minimum Gasteiger partial charge on any atom is -0.381 e. The first-order valence-electron chi connectivity index (χ1n) is 5.29. The minimum atomic E-state index is 0.861. The number of hydrogen-bond acceptors (Lipinski definition) is 3. The number of ether oxygens (including phenoxy) is 1. The maximum absolute atomic E-state index is 5.31. The highest BCUT2D eigenvalue weighted by Crippen LogP contribution is 2.12. The van der Waals surface area contributed by atoms with Gasteiger partial charge in [0.05, 0.1) is 0 Å². The Morgan fingerprint density at radius 3 is 2.85 bits per heavy atom. The molecule has 0 bridgehead atoms. The quantitative estimate of drug-likeness (QED) is 0.665. The van der Waals surface area contributed by atoms with Crippen molar-refractivity contribution in [2.75, 3.05) is 37.8 Å². The molecule has 0 unspecified atom stereocenters. The molecule has 1 N–H and O–H groups in total. The van der Waals surface area contributed by atoms with Crippen molar-refractivity contribution in [2.45, 2.75) is 19.8 Å². The van der Waals surface area contributed by atoms with E-state index < -0.39 is 0 Å². The second-order valence-electron chi connectivity index (χ2n) is 3.46. The van der Waals surface area contributed by atoms with Crippen molar-refractivity contribution in [3.8, 4) is 0 Å². The van der Waals surface area contributed by atoms with Crippen molar-refractivity contribution in [3.05, 3.63) is 0 Å². The van der Waals surface area contributed by atoms with Gasteiger partial charge in [0.25, 0.3) is 0 Å². The van der Waals surface area contributed by atoms with Gasteiger partial charge < -0.3 is 10.1 Å². The molecule has 2 nitrogen and oxygen atoms in total. The van der Waals surface area contributed by atoms with E-state index in [4.69, 9.17) is 4.74 Å². The second-order valence-corrected chi connectivity index (χ2v) is 4.85. The third-order valence-electron chi connectivity index (χ3n) is 2.40. The van der Waals surface area contributed by atoms with Gasteiger partial charge in [-0.25, -0.2) is 0 Å². The molecule has 78 valence electrons. The van der Waals surface area contributed by atoms with Crippen molar-refractivity contribution in [1.29, 1.82) is 0 Å². The summed E-state index contributed by atoms with van der Waals surface area (Å²) in [6.45, 7) is 6.50. The summed E-state index contributed by atoms with van der Waals surface area (Å²) in [6.07, 6.45) is 2.49. The standard InChI is InChI=1S/C10H21NOS/c1-2-13-8-5-11-9-10-3-6-12-7-4-10/h10-11H,2-9H2,1H3. The molecule has 1 aliphatic rings. The van der Waals surface area contributed by atoms with E-state index in [1.165, 1.54) is 30.9 Å². The van der Waals surface area contributed by atoms with Crippen LogP contribution in [0.3, 0.4) is 0 Å². The van der Waals surface area contributed by atoms with Crippen LogP contribution in [-0.4, -0.2) is 37.8 Å². The van der Waals surface area contributed by atoms with Crippen molar-refractivity contribution in [2.24, 2.45) is 5.92 Å². The van der Waals surface area contributed by atoms with E-state index in [-0.39, 0.29) is 0 Å². The summed E-state index contributed by atoms with van der Waals surface area (Å²) >= 11 is 2.01. The smallest absolute Gasteiger partial charge is 0.0469 e. The number of rotatable bonds is 6. The SMILES string of the molecule is CCSCCNCC1CCOCC1. The Hall–Kier alpha value is 0.270. The van der Waals surface area contributed by atoms with E-state index in [1.54, 1.807) is 0 Å². The number of nitrogens with one attached hydrogen (secondary N) is 1. The van der Waals surface area contributed by atoms with Gasteiger partial charge in [0.1, 0.15) is 0 Å². The third kappa shape index (κ3) is 5.55. The normalized spacial score (nSPS) is 19.2. The maximum atomic E-state index is 5.31. The Morgan fingerprint density at radius 2 is 2.15 bits per heavy atom. The zero-order chi connectivity index (χ0) is 9.36. The van der Waals surface area contributed by atoms with Crippen LogP contribution in [0.15, 0.2) is 0 Å². The molecular weight excluding hydrogens is 182 g/mol. The average Bonchev–Trinajstić information content (AvgIpc) is 2.19. The maximum Gasteiger partial charge on any atom is 0.0469 e. The Labute approximate surface area is 85.8 Å². The molecule has 1 heterocycles. The summed E-state index contributed by atoms with van der Waals surface area (Å²) in [6, 6.07) is 0. The van der Waals surface area contributed by atoms with E-state index in [1.807, 2.05) is 11.8 Å². The van der Waals surface area contributed by atoms with Crippen LogP contribution < -0.4 is 5.32 Å². The van der Waals surface area contributed by atoms with Crippen LogP contribution in [-0.2, 0) is 4.74 Å². The summed E-state index contributed by atoms with van der Waals surface area (Å²) in [5.41, 5.74) is 0. The average molecular weight is 203 g/mol. The van der Waals surface area contributed by atoms with Gasteiger partial charge in [-0.05, 0) is 31.1 Å². The van der Waals surface area contributed by atoms with Crippen LogP contribution >= 0.6 is 11.8 Å². The van der Waals surface area contributed by atoms with Crippen LogP contribution in [0.4, 0.5) is 0 Å². The molecule has 3 heteroatoms. The van der Waals surface area contributed by atoms with Gasteiger partial charge in [-0.3, -0.25) is 0 Å². The summed E-state index contributed by atoms with van der Waals surface area (Å²) in [7, 11) is 0. The Kier molecular flexibility index (Phi) is 6.68. The summed E-state index contributed by atoms with van der Waals surface area (Å²) in [5.74, 6) is 3.35. The first-order chi connectivity index (χ1) is 6.43. The molecule has 0 aliphatic carbocycles. The summed E-state index contributed by atoms with van der Waals surface area (Å²) in [4.78, 5) is 0. The predicted octanol–water partition coefficient (Wildman–Crippen LogP) is 1.76. The van der Waals surface area contributed by atoms with Gasteiger partial charge in [-0.2, -0.15) is 11.8 Å². The summed E-state index contributed by atoms with van der Waals surface area (Å²) < 4.78 is 5.31. The van der Waals surface area contributed by atoms with Crippen molar-refractivity contribution in [3.63, 3.8) is 0 Å². The van der Waals surface area contributed by atoms with E-state index in [2.05, 4.69) is 12.2 Å². The molecular formula is C10H21NOS. The van der Waals surface area contributed by atoms with Gasteiger partial charge in [0, 0.05) is 25.5 Å². The first-order valence-corrected chi connectivity index (χ1v) is 6.45. The zero-order valence-electron chi connectivity index (χ0n) is 8.55. The van der Waals surface area contributed by atoms with Crippen LogP contribution in [0.2, 0.25) is 0 Å². The fourth-order valence-electron chi connectivity index (χ4n) is 1.55. The van der Waals surface area contributed by atoms with E-state index >= 15 is 0 Å².